The Morgan fingerprint density at radius 2 is 2.25 bits per heavy atom. The molecule has 0 radical (unpaired) electrons. The fourth-order valence-corrected chi connectivity index (χ4v) is 1.67. The fraction of sp³-hybridized carbons (Fsp3) is 0.364. The Labute approximate surface area is 98.0 Å². The first-order valence-electron chi connectivity index (χ1n) is 4.84. The number of aliphatic carboxylic acids is 1. The summed E-state index contributed by atoms with van der Waals surface area (Å²) >= 11 is 5.65. The molecule has 1 atom stereocenters. The zero-order chi connectivity index (χ0) is 12.3. The fourth-order valence-electron chi connectivity index (χ4n) is 1.50. The molecule has 0 heterocycles. The summed E-state index contributed by atoms with van der Waals surface area (Å²) in [5.41, 5.74) is 7.19. The number of hydrogen-bond acceptors (Lipinski definition) is 2. The van der Waals surface area contributed by atoms with Crippen molar-refractivity contribution in [2.75, 3.05) is 0 Å². The van der Waals surface area contributed by atoms with Gasteiger partial charge in [-0.05, 0) is 36.6 Å². The molecule has 0 bridgehead atoms. The molecule has 0 saturated heterocycles. The highest BCUT2D eigenvalue weighted by atomic mass is 35.5. The first-order chi connectivity index (χ1) is 7.41. The summed E-state index contributed by atoms with van der Waals surface area (Å²) in [6.07, 6.45) is 0.285. The van der Waals surface area contributed by atoms with Gasteiger partial charge in [-0.15, -0.1) is 0 Å². The number of carbonyl (C=O) groups is 1. The van der Waals surface area contributed by atoms with Crippen LogP contribution < -0.4 is 5.73 Å². The van der Waals surface area contributed by atoms with Gasteiger partial charge in [0, 0.05) is 12.5 Å². The van der Waals surface area contributed by atoms with Gasteiger partial charge >= 0.3 is 5.97 Å². The molecular formula is C11H13ClFNO2. The Hall–Kier alpha value is -1.13. The van der Waals surface area contributed by atoms with Crippen LogP contribution in [0.25, 0.3) is 0 Å². The van der Waals surface area contributed by atoms with Crippen molar-refractivity contribution in [3.63, 3.8) is 0 Å². The van der Waals surface area contributed by atoms with E-state index < -0.39 is 17.8 Å². The highest BCUT2D eigenvalue weighted by molar-refractivity contribution is 6.30. The smallest absolute Gasteiger partial charge is 0.303 e. The summed E-state index contributed by atoms with van der Waals surface area (Å²) in [5.74, 6) is -1.39. The lowest BCUT2D eigenvalue weighted by molar-refractivity contribution is -0.137. The third-order valence-corrected chi connectivity index (χ3v) is 2.67. The van der Waals surface area contributed by atoms with Gasteiger partial charge in [0.1, 0.15) is 5.82 Å². The van der Waals surface area contributed by atoms with E-state index in [-0.39, 0.29) is 11.4 Å². The van der Waals surface area contributed by atoms with E-state index in [9.17, 15) is 9.18 Å². The van der Waals surface area contributed by atoms with Crippen molar-refractivity contribution in [3.8, 4) is 0 Å². The Bertz CT molecular complexity index is 409. The van der Waals surface area contributed by atoms with Gasteiger partial charge < -0.3 is 10.8 Å². The standard InChI is InChI=1S/C11H13ClFNO2/c1-6-4-9(13)8(12)5-7(6)10(14)2-3-11(15)16/h4-5,10H,2-3,14H2,1H3,(H,15,16). The van der Waals surface area contributed by atoms with E-state index in [1.807, 2.05) is 0 Å². The van der Waals surface area contributed by atoms with Gasteiger partial charge in [-0.2, -0.15) is 0 Å². The molecule has 3 N–H and O–H groups in total. The van der Waals surface area contributed by atoms with Crippen molar-refractivity contribution in [3.05, 3.63) is 34.1 Å². The van der Waals surface area contributed by atoms with Crippen LogP contribution in [0.5, 0.6) is 0 Å². The molecule has 1 unspecified atom stereocenters. The quantitative estimate of drug-likeness (QED) is 0.857. The van der Waals surface area contributed by atoms with E-state index in [0.717, 1.165) is 0 Å². The van der Waals surface area contributed by atoms with E-state index in [1.165, 1.54) is 12.1 Å². The molecule has 0 amide bonds. The number of hydrogen-bond donors (Lipinski definition) is 2. The lowest BCUT2D eigenvalue weighted by Crippen LogP contribution is -2.13. The largest absolute Gasteiger partial charge is 0.481 e. The third kappa shape index (κ3) is 3.18. The molecule has 0 aromatic heterocycles. The van der Waals surface area contributed by atoms with E-state index in [4.69, 9.17) is 22.4 Å². The van der Waals surface area contributed by atoms with Crippen molar-refractivity contribution in [2.24, 2.45) is 5.73 Å². The second-order valence-electron chi connectivity index (χ2n) is 3.66. The van der Waals surface area contributed by atoms with Gasteiger partial charge in [0.25, 0.3) is 0 Å². The minimum Gasteiger partial charge on any atom is -0.481 e. The van der Waals surface area contributed by atoms with Crippen molar-refractivity contribution in [1.29, 1.82) is 0 Å². The maximum Gasteiger partial charge on any atom is 0.303 e. The Morgan fingerprint density at radius 3 is 2.81 bits per heavy atom. The average molecular weight is 246 g/mol. The minimum atomic E-state index is -0.902. The molecule has 1 rings (SSSR count). The van der Waals surface area contributed by atoms with Crippen LogP contribution >= 0.6 is 11.6 Å². The van der Waals surface area contributed by atoms with Gasteiger partial charge in [0.05, 0.1) is 5.02 Å². The van der Waals surface area contributed by atoms with E-state index in [0.29, 0.717) is 17.5 Å². The summed E-state index contributed by atoms with van der Waals surface area (Å²) in [6.45, 7) is 1.72. The highest BCUT2D eigenvalue weighted by Gasteiger charge is 2.13. The highest BCUT2D eigenvalue weighted by Crippen LogP contribution is 2.25. The van der Waals surface area contributed by atoms with Crippen LogP contribution in [-0.2, 0) is 4.79 Å². The molecule has 0 aliphatic rings. The van der Waals surface area contributed by atoms with Crippen LogP contribution in [0.4, 0.5) is 4.39 Å². The second-order valence-corrected chi connectivity index (χ2v) is 4.07. The number of aryl methyl sites for hydroxylation is 1. The van der Waals surface area contributed by atoms with Gasteiger partial charge in [-0.25, -0.2) is 4.39 Å². The first-order valence-corrected chi connectivity index (χ1v) is 5.22. The number of carboxylic acid groups (broad SMARTS) is 1. The first kappa shape index (κ1) is 12.9. The molecule has 1 aromatic carbocycles. The Balaban J connectivity index is 2.86. The zero-order valence-electron chi connectivity index (χ0n) is 8.84. The Morgan fingerprint density at radius 1 is 1.62 bits per heavy atom. The van der Waals surface area contributed by atoms with Crippen LogP contribution in [0, 0.1) is 12.7 Å². The Kier molecular flexibility index (Phi) is 4.26. The monoisotopic (exact) mass is 245 g/mol. The van der Waals surface area contributed by atoms with Crippen LogP contribution in [0.3, 0.4) is 0 Å². The lowest BCUT2D eigenvalue weighted by atomic mass is 9.98. The molecule has 0 spiro atoms. The molecule has 5 heteroatoms. The number of rotatable bonds is 4. The van der Waals surface area contributed by atoms with Crippen molar-refractivity contribution >= 4 is 17.6 Å². The van der Waals surface area contributed by atoms with Crippen LogP contribution in [0.15, 0.2) is 12.1 Å². The van der Waals surface area contributed by atoms with Crippen LogP contribution in [0.2, 0.25) is 5.02 Å². The number of benzene rings is 1. The second kappa shape index (κ2) is 5.27. The molecule has 1 aromatic rings. The summed E-state index contributed by atoms with van der Waals surface area (Å²) in [7, 11) is 0. The normalized spacial score (nSPS) is 12.5. The van der Waals surface area contributed by atoms with E-state index in [1.54, 1.807) is 6.92 Å². The predicted octanol–water partition coefficient (Wildman–Crippen LogP) is 2.65. The maximum absolute atomic E-state index is 13.1. The number of halogens is 2. The topological polar surface area (TPSA) is 63.3 Å². The molecule has 3 nitrogen and oxygen atoms in total. The number of carboxylic acids is 1. The lowest BCUT2D eigenvalue weighted by Gasteiger charge is -2.14. The van der Waals surface area contributed by atoms with Crippen LogP contribution in [-0.4, -0.2) is 11.1 Å². The molecule has 0 fully saturated rings. The summed E-state index contributed by atoms with van der Waals surface area (Å²) in [4.78, 5) is 10.4. The predicted molar refractivity (Wildman–Crippen MR) is 59.9 cm³/mol. The van der Waals surface area contributed by atoms with Gasteiger partial charge in [-0.3, -0.25) is 4.79 Å². The van der Waals surface area contributed by atoms with Gasteiger partial charge in [0.2, 0.25) is 0 Å². The third-order valence-electron chi connectivity index (χ3n) is 2.38. The summed E-state index contributed by atoms with van der Waals surface area (Å²) in [6, 6.07) is 2.33. The molecular weight excluding hydrogens is 233 g/mol. The van der Waals surface area contributed by atoms with Crippen molar-refractivity contribution in [1.82, 2.24) is 0 Å². The molecule has 0 saturated carbocycles. The summed E-state index contributed by atoms with van der Waals surface area (Å²) in [5, 5.41) is 8.54. The average Bonchev–Trinajstić information content (AvgIpc) is 2.20. The molecule has 0 aliphatic heterocycles. The minimum absolute atomic E-state index is 0.00590. The van der Waals surface area contributed by atoms with Gasteiger partial charge in [-0.1, -0.05) is 11.6 Å². The zero-order valence-corrected chi connectivity index (χ0v) is 9.59. The van der Waals surface area contributed by atoms with Gasteiger partial charge in [0.15, 0.2) is 0 Å². The van der Waals surface area contributed by atoms with E-state index >= 15 is 0 Å². The maximum atomic E-state index is 13.1. The summed E-state index contributed by atoms with van der Waals surface area (Å²) < 4.78 is 13.1. The molecule has 16 heavy (non-hydrogen) atoms. The van der Waals surface area contributed by atoms with Crippen LogP contribution in [0.1, 0.15) is 30.0 Å². The number of nitrogens with two attached hydrogens (primary N) is 1. The molecule has 88 valence electrons. The van der Waals surface area contributed by atoms with E-state index in [2.05, 4.69) is 0 Å². The molecule has 0 aliphatic carbocycles. The van der Waals surface area contributed by atoms with Crippen molar-refractivity contribution < 1.29 is 14.3 Å². The van der Waals surface area contributed by atoms with Crippen molar-refractivity contribution in [2.45, 2.75) is 25.8 Å². The SMILES string of the molecule is Cc1cc(F)c(Cl)cc1C(N)CCC(=O)O.